The minimum absolute atomic E-state index is 0.0184. The molecule has 0 unspecified atom stereocenters. The number of carboxylic acids is 2. The highest BCUT2D eigenvalue weighted by Crippen LogP contribution is 2.61. The molecule has 0 atom stereocenters. The fraction of sp³-hybridized carbons (Fsp3) is 0.950. The van der Waals surface area contributed by atoms with Gasteiger partial charge in [-0.1, -0.05) is 94.9 Å². The Kier molecular flexibility index (Phi) is 15.6. The predicted octanol–water partition coefficient (Wildman–Crippen LogP) is 10.6. The van der Waals surface area contributed by atoms with Crippen LogP contribution in [0.25, 0.3) is 0 Å². The fourth-order valence-corrected chi connectivity index (χ4v) is 11.6. The molecule has 2 rings (SSSR count). The van der Waals surface area contributed by atoms with Crippen molar-refractivity contribution in [2.45, 2.75) is 213 Å². The Bertz CT molecular complexity index is 836. The molecule has 0 aromatic rings. The first-order valence-corrected chi connectivity index (χ1v) is 19.9. The van der Waals surface area contributed by atoms with Gasteiger partial charge in [-0.3, -0.25) is 19.4 Å². The van der Waals surface area contributed by atoms with Crippen LogP contribution in [0.15, 0.2) is 0 Å². The van der Waals surface area contributed by atoms with Gasteiger partial charge in [-0.15, -0.1) is 0 Å². The lowest BCUT2D eigenvalue weighted by molar-refractivity contribution is -0.189. The molecule has 2 aliphatic heterocycles. The number of hydrogen-bond acceptors (Lipinski definition) is 4. The van der Waals surface area contributed by atoms with Crippen molar-refractivity contribution >= 4 is 11.9 Å². The summed E-state index contributed by atoms with van der Waals surface area (Å²) >= 11 is 0. The van der Waals surface area contributed by atoms with Gasteiger partial charge in [0.1, 0.15) is 0 Å². The van der Waals surface area contributed by atoms with Crippen molar-refractivity contribution in [3.05, 3.63) is 0 Å². The van der Waals surface area contributed by atoms with Gasteiger partial charge in [-0.2, -0.15) is 0 Å². The number of aliphatic carboxylic acids is 2. The van der Waals surface area contributed by atoms with Crippen LogP contribution in [-0.4, -0.2) is 67.2 Å². The van der Waals surface area contributed by atoms with Gasteiger partial charge in [0.25, 0.3) is 0 Å². The molecule has 6 nitrogen and oxygen atoms in total. The molecule has 46 heavy (non-hydrogen) atoms. The van der Waals surface area contributed by atoms with E-state index in [9.17, 15) is 14.7 Å². The first kappa shape index (κ1) is 41.0. The predicted molar refractivity (Wildman–Crippen MR) is 193 cm³/mol. The number of unbranched alkanes of at least 4 members (excludes halogenated alkanes) is 4. The number of hydrogen-bond donors (Lipinski definition) is 2. The monoisotopic (exact) mass is 649 g/mol. The normalized spacial score (nSPS) is 22.2. The van der Waals surface area contributed by atoms with Crippen molar-refractivity contribution in [2.75, 3.05) is 13.1 Å². The number of rotatable bonds is 21. The van der Waals surface area contributed by atoms with Gasteiger partial charge in [0.2, 0.25) is 0 Å². The second kappa shape index (κ2) is 17.5. The minimum Gasteiger partial charge on any atom is -0.481 e. The second-order valence-electron chi connectivity index (χ2n) is 15.4. The van der Waals surface area contributed by atoms with Crippen molar-refractivity contribution in [1.29, 1.82) is 0 Å². The van der Waals surface area contributed by atoms with Crippen LogP contribution in [0.5, 0.6) is 0 Å². The summed E-state index contributed by atoms with van der Waals surface area (Å²) < 4.78 is 0. The summed E-state index contributed by atoms with van der Waals surface area (Å²) in [6, 6.07) is 0. The highest BCUT2D eigenvalue weighted by Gasteiger charge is 2.63. The van der Waals surface area contributed by atoms with Crippen molar-refractivity contribution in [2.24, 2.45) is 17.3 Å². The number of likely N-dealkylation sites (tertiary alicyclic amines) is 2. The third-order valence-electron chi connectivity index (χ3n) is 14.5. The van der Waals surface area contributed by atoms with Crippen LogP contribution in [0.3, 0.4) is 0 Å². The lowest BCUT2D eigenvalue weighted by Gasteiger charge is -2.66. The van der Waals surface area contributed by atoms with Crippen molar-refractivity contribution in [3.63, 3.8) is 0 Å². The first-order valence-electron chi connectivity index (χ1n) is 19.9. The molecule has 2 fully saturated rings. The molecule has 2 aliphatic rings. The summed E-state index contributed by atoms with van der Waals surface area (Å²) in [5.41, 5.74) is -0.693. The molecule has 0 radical (unpaired) electrons. The average molecular weight is 649 g/mol. The molecule has 0 saturated carbocycles. The molecule has 6 heteroatoms. The molecule has 0 bridgehead atoms. The van der Waals surface area contributed by atoms with E-state index >= 15 is 0 Å². The maximum absolute atomic E-state index is 14.4. The van der Waals surface area contributed by atoms with E-state index in [0.717, 1.165) is 122 Å². The van der Waals surface area contributed by atoms with Crippen LogP contribution in [0.4, 0.5) is 0 Å². The Balaban J connectivity index is 2.78. The van der Waals surface area contributed by atoms with Gasteiger partial charge in [0, 0.05) is 28.6 Å². The highest BCUT2D eigenvalue weighted by molar-refractivity contribution is 5.76. The lowest BCUT2D eigenvalue weighted by Crippen LogP contribution is -2.70. The van der Waals surface area contributed by atoms with E-state index in [2.05, 4.69) is 79.0 Å². The molecule has 2 heterocycles. The molecule has 0 amide bonds. The molecule has 0 aromatic carbocycles. The molecular formula is C40H76N2O4. The number of piperidine rings is 2. The highest BCUT2D eigenvalue weighted by atomic mass is 16.4. The van der Waals surface area contributed by atoms with Gasteiger partial charge in [0.15, 0.2) is 0 Å². The quantitative estimate of drug-likeness (QED) is 0.121. The number of carboxylic acid groups (broad SMARTS) is 2. The average Bonchev–Trinajstić information content (AvgIpc) is 3.07. The summed E-state index contributed by atoms with van der Waals surface area (Å²) in [6.07, 6.45) is 17.9. The maximum Gasteiger partial charge on any atom is 0.310 e. The lowest BCUT2D eigenvalue weighted by atomic mass is 9.49. The standard InChI is InChI=1S/C40H76N2O4/c1-11-36(12-2)28-32(29-37(13-3,14-4)41(36)19-9)40(35(45)46,27-25-23-21-22-24-26-34(43)44)33-30-38(15-5,16-6)42(20-10)39(17-7,18-8)31-33/h32-33H,11-31H2,1-10H3,(H,43,44)(H,45,46). The fourth-order valence-electron chi connectivity index (χ4n) is 11.6. The first-order chi connectivity index (χ1) is 21.9. The van der Waals surface area contributed by atoms with Gasteiger partial charge >= 0.3 is 11.9 Å². The van der Waals surface area contributed by atoms with Crippen molar-refractivity contribution in [1.82, 2.24) is 9.80 Å². The van der Waals surface area contributed by atoms with Crippen molar-refractivity contribution < 1.29 is 19.8 Å². The van der Waals surface area contributed by atoms with Gasteiger partial charge < -0.3 is 10.2 Å². The summed E-state index contributed by atoms with van der Waals surface area (Å²) in [5.74, 6) is -0.989. The topological polar surface area (TPSA) is 81.1 Å². The molecular weight excluding hydrogens is 572 g/mol. The Hall–Kier alpha value is -1.14. The van der Waals surface area contributed by atoms with Crippen LogP contribution in [0, 0.1) is 17.3 Å². The summed E-state index contributed by atoms with van der Waals surface area (Å²) in [4.78, 5) is 31.2. The Labute approximate surface area is 284 Å². The summed E-state index contributed by atoms with van der Waals surface area (Å²) in [7, 11) is 0. The molecule has 2 saturated heterocycles. The molecule has 0 aromatic heterocycles. The zero-order chi connectivity index (χ0) is 34.8. The van der Waals surface area contributed by atoms with Crippen LogP contribution in [-0.2, 0) is 9.59 Å². The van der Waals surface area contributed by atoms with Gasteiger partial charge in [0.05, 0.1) is 5.41 Å². The maximum atomic E-state index is 14.4. The SMILES string of the molecule is CCN1C(CC)(CC)CC(C(CCCCCCCC(=O)O)(C(=O)O)C2CC(CC)(CC)N(CC)C(CC)(CC)C2)CC1(CC)CC. The molecule has 270 valence electrons. The van der Waals surface area contributed by atoms with E-state index in [-0.39, 0.29) is 40.4 Å². The van der Waals surface area contributed by atoms with E-state index in [4.69, 9.17) is 5.11 Å². The number of nitrogens with zero attached hydrogens (tertiary/aromatic N) is 2. The van der Waals surface area contributed by atoms with E-state index in [1.54, 1.807) is 0 Å². The smallest absolute Gasteiger partial charge is 0.310 e. The van der Waals surface area contributed by atoms with Crippen LogP contribution >= 0.6 is 0 Å². The third kappa shape index (κ3) is 7.53. The molecule has 0 aliphatic carbocycles. The van der Waals surface area contributed by atoms with E-state index in [1.807, 2.05) is 0 Å². The minimum atomic E-state index is -0.767. The third-order valence-corrected chi connectivity index (χ3v) is 14.5. The number of carbonyl (C=O) groups is 2. The van der Waals surface area contributed by atoms with E-state index < -0.39 is 17.4 Å². The van der Waals surface area contributed by atoms with Gasteiger partial charge in [-0.05, 0) is 115 Å². The largest absolute Gasteiger partial charge is 0.481 e. The Morgan fingerprint density at radius 3 is 1.11 bits per heavy atom. The van der Waals surface area contributed by atoms with Crippen LogP contribution in [0.2, 0.25) is 0 Å². The molecule has 0 spiro atoms. The summed E-state index contributed by atoms with van der Waals surface area (Å²) in [6.45, 7) is 25.5. The molecule has 2 N–H and O–H groups in total. The van der Waals surface area contributed by atoms with E-state index in [0.29, 0.717) is 6.42 Å². The summed E-state index contributed by atoms with van der Waals surface area (Å²) in [5, 5.41) is 21.0. The van der Waals surface area contributed by atoms with Crippen LogP contribution < -0.4 is 0 Å². The zero-order valence-corrected chi connectivity index (χ0v) is 32.1. The van der Waals surface area contributed by atoms with Crippen molar-refractivity contribution in [3.8, 4) is 0 Å². The van der Waals surface area contributed by atoms with Gasteiger partial charge in [-0.25, -0.2) is 0 Å². The van der Waals surface area contributed by atoms with Crippen LogP contribution in [0.1, 0.15) is 191 Å². The zero-order valence-electron chi connectivity index (χ0n) is 32.1. The Morgan fingerprint density at radius 2 is 0.848 bits per heavy atom. The second-order valence-corrected chi connectivity index (χ2v) is 15.4. The Morgan fingerprint density at radius 1 is 0.543 bits per heavy atom. The van der Waals surface area contributed by atoms with E-state index in [1.165, 1.54) is 0 Å².